The zero-order valence-electron chi connectivity index (χ0n) is 15.4. The predicted octanol–water partition coefficient (Wildman–Crippen LogP) is 4.85. The highest BCUT2D eigenvalue weighted by atomic mass is 35.5. The van der Waals surface area contributed by atoms with E-state index in [-0.39, 0.29) is 11.9 Å². The maximum atomic E-state index is 11.0. The maximum absolute atomic E-state index is 11.0. The van der Waals surface area contributed by atoms with Crippen LogP contribution in [0.2, 0.25) is 5.02 Å². The molecule has 27 heavy (non-hydrogen) atoms. The molecule has 1 aromatic heterocycles. The third-order valence-corrected chi connectivity index (χ3v) is 4.38. The molecule has 1 N–H and O–H groups in total. The van der Waals surface area contributed by atoms with Gasteiger partial charge in [-0.05, 0) is 49.4 Å². The van der Waals surface area contributed by atoms with E-state index in [0.717, 1.165) is 17.9 Å². The lowest BCUT2D eigenvalue weighted by molar-refractivity contribution is -0.119. The molecule has 1 heterocycles. The van der Waals surface area contributed by atoms with Crippen molar-refractivity contribution in [2.75, 3.05) is 6.61 Å². The second kappa shape index (κ2) is 8.91. The van der Waals surface area contributed by atoms with Crippen molar-refractivity contribution in [1.29, 1.82) is 0 Å². The molecule has 0 spiro atoms. The van der Waals surface area contributed by atoms with Crippen LogP contribution in [-0.2, 0) is 4.79 Å². The summed E-state index contributed by atoms with van der Waals surface area (Å²) in [7, 11) is 0. The van der Waals surface area contributed by atoms with Crippen LogP contribution in [0.4, 0.5) is 0 Å². The van der Waals surface area contributed by atoms with Crippen LogP contribution in [0.3, 0.4) is 0 Å². The summed E-state index contributed by atoms with van der Waals surface area (Å²) < 4.78 is 11.6. The molecule has 1 aliphatic rings. The number of ether oxygens (including phenoxy) is 2. The van der Waals surface area contributed by atoms with Gasteiger partial charge in [0.25, 0.3) is 0 Å². The van der Waals surface area contributed by atoms with Crippen molar-refractivity contribution in [3.8, 4) is 17.4 Å². The van der Waals surface area contributed by atoms with E-state index >= 15 is 0 Å². The second-order valence-corrected chi connectivity index (χ2v) is 7.13. The van der Waals surface area contributed by atoms with Gasteiger partial charge >= 0.3 is 0 Å². The Morgan fingerprint density at radius 1 is 1.37 bits per heavy atom. The Balaban J connectivity index is 1.61. The molecule has 6 heteroatoms. The highest BCUT2D eigenvalue weighted by Gasteiger charge is 2.22. The molecule has 2 aromatic rings. The molecule has 1 saturated carbocycles. The number of amides is 1. The number of carbonyl (C=O) groups is 1. The molecular formula is C21H23ClN2O3. The molecule has 142 valence electrons. The number of halogens is 1. The number of pyridine rings is 1. The summed E-state index contributed by atoms with van der Waals surface area (Å²) in [6.45, 7) is 4.13. The topological polar surface area (TPSA) is 60.5 Å². The lowest BCUT2D eigenvalue weighted by atomic mass is 10.2. The SMILES string of the molecule is CC(=O)N[C@@H](C)/C=C/c1ccc(Oc2cc(OCC3CC3)ccc2Cl)nc1. The van der Waals surface area contributed by atoms with Gasteiger partial charge in [-0.2, -0.15) is 0 Å². The van der Waals surface area contributed by atoms with Gasteiger partial charge in [0, 0.05) is 31.3 Å². The molecule has 0 saturated heterocycles. The fourth-order valence-corrected chi connectivity index (χ4v) is 2.59. The van der Waals surface area contributed by atoms with Crippen LogP contribution in [0.25, 0.3) is 6.08 Å². The number of benzene rings is 1. The van der Waals surface area contributed by atoms with Gasteiger partial charge in [-0.3, -0.25) is 4.79 Å². The van der Waals surface area contributed by atoms with Crippen LogP contribution < -0.4 is 14.8 Å². The summed E-state index contributed by atoms with van der Waals surface area (Å²) in [6.07, 6.45) is 7.98. The van der Waals surface area contributed by atoms with E-state index in [1.165, 1.54) is 19.8 Å². The Morgan fingerprint density at radius 3 is 2.85 bits per heavy atom. The van der Waals surface area contributed by atoms with Crippen LogP contribution in [0.5, 0.6) is 17.4 Å². The van der Waals surface area contributed by atoms with Crippen molar-refractivity contribution < 1.29 is 14.3 Å². The molecule has 1 fully saturated rings. The fraction of sp³-hybridized carbons (Fsp3) is 0.333. The van der Waals surface area contributed by atoms with Crippen molar-refractivity contribution in [3.63, 3.8) is 0 Å². The van der Waals surface area contributed by atoms with Gasteiger partial charge in [0.05, 0.1) is 11.6 Å². The summed E-state index contributed by atoms with van der Waals surface area (Å²) in [4.78, 5) is 15.3. The summed E-state index contributed by atoms with van der Waals surface area (Å²) in [5.41, 5.74) is 0.909. The van der Waals surface area contributed by atoms with Crippen LogP contribution in [0.1, 0.15) is 32.3 Å². The molecule has 0 bridgehead atoms. The molecule has 1 aromatic carbocycles. The molecule has 5 nitrogen and oxygen atoms in total. The molecule has 1 aliphatic carbocycles. The number of carbonyl (C=O) groups excluding carboxylic acids is 1. The average molecular weight is 387 g/mol. The minimum atomic E-state index is -0.0609. The third-order valence-electron chi connectivity index (χ3n) is 4.07. The largest absolute Gasteiger partial charge is 0.493 e. The fourth-order valence-electron chi connectivity index (χ4n) is 2.44. The Labute approximate surface area is 164 Å². The lowest BCUT2D eigenvalue weighted by Gasteiger charge is -2.10. The first-order chi connectivity index (χ1) is 13.0. The average Bonchev–Trinajstić information content (AvgIpc) is 3.46. The van der Waals surface area contributed by atoms with Crippen molar-refractivity contribution in [2.24, 2.45) is 5.92 Å². The normalized spacial score (nSPS) is 14.8. The molecule has 1 amide bonds. The zero-order chi connectivity index (χ0) is 19.2. The summed E-state index contributed by atoms with van der Waals surface area (Å²) in [5, 5.41) is 3.30. The smallest absolute Gasteiger partial charge is 0.219 e. The summed E-state index contributed by atoms with van der Waals surface area (Å²) in [5.74, 6) is 2.33. The van der Waals surface area contributed by atoms with Crippen molar-refractivity contribution in [1.82, 2.24) is 10.3 Å². The van der Waals surface area contributed by atoms with Gasteiger partial charge < -0.3 is 14.8 Å². The molecule has 0 radical (unpaired) electrons. The maximum Gasteiger partial charge on any atom is 0.219 e. The van der Waals surface area contributed by atoms with E-state index in [0.29, 0.717) is 22.6 Å². The predicted molar refractivity (Wildman–Crippen MR) is 106 cm³/mol. The minimum absolute atomic E-state index is 0.0457. The van der Waals surface area contributed by atoms with Crippen LogP contribution in [0.15, 0.2) is 42.6 Å². The van der Waals surface area contributed by atoms with Gasteiger partial charge in [-0.15, -0.1) is 0 Å². The standard InChI is InChI=1S/C21H23ClN2O3/c1-14(24-15(2)25)3-4-16-7-10-21(23-12-16)27-20-11-18(8-9-19(20)22)26-13-17-5-6-17/h3-4,7-12,14,17H,5-6,13H2,1-2H3,(H,24,25)/b4-3+/t14-/m0/s1. The Kier molecular flexibility index (Phi) is 6.35. The van der Waals surface area contributed by atoms with E-state index in [9.17, 15) is 4.79 Å². The highest BCUT2D eigenvalue weighted by molar-refractivity contribution is 6.32. The zero-order valence-corrected chi connectivity index (χ0v) is 16.2. The molecule has 0 unspecified atom stereocenters. The van der Waals surface area contributed by atoms with Gasteiger partial charge in [-0.25, -0.2) is 4.98 Å². The van der Waals surface area contributed by atoms with E-state index in [1.54, 1.807) is 24.4 Å². The Hall–Kier alpha value is -2.53. The number of nitrogens with one attached hydrogen (secondary N) is 1. The third kappa shape index (κ3) is 6.29. The summed E-state index contributed by atoms with van der Waals surface area (Å²) in [6, 6.07) is 9.01. The second-order valence-electron chi connectivity index (χ2n) is 6.73. The highest BCUT2D eigenvalue weighted by Crippen LogP contribution is 2.34. The van der Waals surface area contributed by atoms with E-state index in [4.69, 9.17) is 21.1 Å². The van der Waals surface area contributed by atoms with E-state index < -0.39 is 0 Å². The first-order valence-corrected chi connectivity index (χ1v) is 9.39. The van der Waals surface area contributed by atoms with Gasteiger partial charge in [0.1, 0.15) is 5.75 Å². The Morgan fingerprint density at radius 2 is 2.19 bits per heavy atom. The number of aromatic nitrogens is 1. The van der Waals surface area contributed by atoms with Gasteiger partial charge in [0.2, 0.25) is 11.8 Å². The molecule has 3 rings (SSSR count). The molecular weight excluding hydrogens is 364 g/mol. The van der Waals surface area contributed by atoms with Crippen LogP contribution in [0, 0.1) is 5.92 Å². The first-order valence-electron chi connectivity index (χ1n) is 9.01. The van der Waals surface area contributed by atoms with Gasteiger partial charge in [0.15, 0.2) is 5.75 Å². The van der Waals surface area contributed by atoms with Crippen molar-refractivity contribution in [2.45, 2.75) is 32.7 Å². The number of nitrogens with zero attached hydrogens (tertiary/aromatic N) is 1. The van der Waals surface area contributed by atoms with Gasteiger partial charge in [-0.1, -0.05) is 23.8 Å². The summed E-state index contributed by atoms with van der Waals surface area (Å²) >= 11 is 6.22. The molecule has 1 atom stereocenters. The monoisotopic (exact) mass is 386 g/mol. The number of rotatable bonds is 8. The van der Waals surface area contributed by atoms with Crippen LogP contribution >= 0.6 is 11.6 Å². The first kappa shape index (κ1) is 19.2. The number of hydrogen-bond donors (Lipinski definition) is 1. The van der Waals surface area contributed by atoms with E-state index in [1.807, 2.05) is 31.2 Å². The van der Waals surface area contributed by atoms with Crippen molar-refractivity contribution in [3.05, 3.63) is 53.2 Å². The van der Waals surface area contributed by atoms with Crippen LogP contribution in [-0.4, -0.2) is 23.5 Å². The number of hydrogen-bond acceptors (Lipinski definition) is 4. The minimum Gasteiger partial charge on any atom is -0.493 e. The Bertz CT molecular complexity index is 817. The quantitative estimate of drug-likeness (QED) is 0.704. The van der Waals surface area contributed by atoms with Crippen molar-refractivity contribution >= 4 is 23.6 Å². The lowest BCUT2D eigenvalue weighted by Crippen LogP contribution is -2.28. The molecule has 0 aliphatic heterocycles. The van der Waals surface area contributed by atoms with E-state index in [2.05, 4.69) is 10.3 Å².